The number of aromatic nitrogens is 1. The van der Waals surface area contributed by atoms with Gasteiger partial charge in [0, 0.05) is 0 Å². The molecule has 2 rings (SSSR count). The summed E-state index contributed by atoms with van der Waals surface area (Å²) in [5, 5.41) is 0. The van der Waals surface area contributed by atoms with Gasteiger partial charge in [-0.15, -0.1) is 0 Å². The summed E-state index contributed by atoms with van der Waals surface area (Å²) < 4.78 is 4.12. The number of carbonyl (C=O) groups is 1. The van der Waals surface area contributed by atoms with Crippen LogP contribution in [0.15, 0.2) is 17.7 Å². The van der Waals surface area contributed by atoms with Crippen LogP contribution < -0.4 is 0 Å². The fourth-order valence-corrected chi connectivity index (χ4v) is 2.55. The van der Waals surface area contributed by atoms with Crippen molar-refractivity contribution < 1.29 is 4.79 Å². The number of aryl methyl sites for hydroxylation is 1. The molecule has 1 heterocycles. The van der Waals surface area contributed by atoms with E-state index in [0.29, 0.717) is 0 Å². The minimum absolute atomic E-state index is 0.137. The van der Waals surface area contributed by atoms with Gasteiger partial charge in [0.15, 0.2) is 5.78 Å². The Morgan fingerprint density at radius 2 is 2.13 bits per heavy atom. The van der Waals surface area contributed by atoms with Crippen LogP contribution in [0.4, 0.5) is 0 Å². The Kier molecular flexibility index (Phi) is 3.31. The minimum atomic E-state index is 0.137. The molecule has 1 aromatic heterocycles. The Labute approximate surface area is 94.2 Å². The number of allylic oxidation sites excluding steroid dienone is 2. The fraction of sp³-hybridized carbons (Fsp3) is 0.500. The topological polar surface area (TPSA) is 30.0 Å². The molecular formula is C12H15NOS. The van der Waals surface area contributed by atoms with E-state index >= 15 is 0 Å². The zero-order valence-corrected chi connectivity index (χ0v) is 9.77. The minimum Gasteiger partial charge on any atom is -0.288 e. The van der Waals surface area contributed by atoms with E-state index < -0.39 is 0 Å². The molecular weight excluding hydrogens is 206 g/mol. The van der Waals surface area contributed by atoms with Crippen LogP contribution in [0.3, 0.4) is 0 Å². The van der Waals surface area contributed by atoms with Gasteiger partial charge in [0.05, 0.1) is 10.6 Å². The Hall–Kier alpha value is -0.960. The van der Waals surface area contributed by atoms with Gasteiger partial charge in [-0.1, -0.05) is 12.0 Å². The predicted molar refractivity (Wildman–Crippen MR) is 62.3 cm³/mol. The van der Waals surface area contributed by atoms with Crippen molar-refractivity contribution in [1.29, 1.82) is 0 Å². The maximum Gasteiger partial charge on any atom is 0.197 e. The third-order valence-corrected chi connectivity index (χ3v) is 3.60. The molecule has 0 spiro atoms. The van der Waals surface area contributed by atoms with E-state index in [1.165, 1.54) is 36.4 Å². The van der Waals surface area contributed by atoms with E-state index in [9.17, 15) is 4.79 Å². The summed E-state index contributed by atoms with van der Waals surface area (Å²) in [5.41, 5.74) is 2.25. The number of nitrogens with zero attached hydrogens (tertiary/aromatic N) is 1. The van der Waals surface area contributed by atoms with Gasteiger partial charge < -0.3 is 0 Å². The first-order valence-electron chi connectivity index (χ1n) is 5.43. The molecule has 0 amide bonds. The van der Waals surface area contributed by atoms with Gasteiger partial charge in [0.25, 0.3) is 0 Å². The molecule has 0 unspecified atom stereocenters. The van der Waals surface area contributed by atoms with Crippen molar-refractivity contribution in [3.8, 4) is 0 Å². The summed E-state index contributed by atoms with van der Waals surface area (Å²) in [6.45, 7) is 1.92. The maximum absolute atomic E-state index is 11.8. The molecule has 1 aromatic rings. The number of carbonyl (C=O) groups excluding carboxylic acids is 1. The normalized spacial score (nSPS) is 16.5. The van der Waals surface area contributed by atoms with Gasteiger partial charge in [-0.05, 0) is 56.3 Å². The Morgan fingerprint density at radius 1 is 1.40 bits per heavy atom. The summed E-state index contributed by atoms with van der Waals surface area (Å²) in [5.74, 6) is 0.137. The largest absolute Gasteiger partial charge is 0.288 e. The van der Waals surface area contributed by atoms with E-state index in [1.807, 2.05) is 19.1 Å². The fourth-order valence-electron chi connectivity index (χ4n) is 1.89. The van der Waals surface area contributed by atoms with Crippen LogP contribution in [0.5, 0.6) is 0 Å². The van der Waals surface area contributed by atoms with E-state index in [0.717, 1.165) is 23.4 Å². The highest BCUT2D eigenvalue weighted by Crippen LogP contribution is 2.23. The molecule has 1 saturated carbocycles. The quantitative estimate of drug-likeness (QED) is 0.565. The van der Waals surface area contributed by atoms with Gasteiger partial charge in [0.2, 0.25) is 0 Å². The van der Waals surface area contributed by atoms with Crippen LogP contribution in [0.2, 0.25) is 0 Å². The first-order valence-corrected chi connectivity index (χ1v) is 6.20. The summed E-state index contributed by atoms with van der Waals surface area (Å²) >= 11 is 1.30. The number of hydrogen-bond donors (Lipinski definition) is 0. The lowest BCUT2D eigenvalue weighted by atomic mass is 9.94. The number of ketones is 1. The first-order chi connectivity index (χ1) is 7.25. The van der Waals surface area contributed by atoms with Crippen molar-refractivity contribution in [2.45, 2.75) is 39.0 Å². The van der Waals surface area contributed by atoms with E-state index in [4.69, 9.17) is 0 Å². The van der Waals surface area contributed by atoms with Crippen molar-refractivity contribution in [3.05, 3.63) is 28.3 Å². The van der Waals surface area contributed by atoms with E-state index in [1.54, 1.807) is 0 Å². The van der Waals surface area contributed by atoms with Crippen LogP contribution in [-0.4, -0.2) is 10.2 Å². The summed E-state index contributed by atoms with van der Waals surface area (Å²) in [7, 11) is 0. The molecule has 0 N–H and O–H groups in total. The monoisotopic (exact) mass is 221 g/mol. The van der Waals surface area contributed by atoms with Crippen LogP contribution in [0, 0.1) is 6.92 Å². The van der Waals surface area contributed by atoms with E-state index in [2.05, 4.69) is 4.37 Å². The van der Waals surface area contributed by atoms with Crippen molar-refractivity contribution in [1.82, 2.24) is 4.37 Å². The van der Waals surface area contributed by atoms with Crippen molar-refractivity contribution in [3.63, 3.8) is 0 Å². The molecule has 0 aromatic carbocycles. The highest BCUT2D eigenvalue weighted by molar-refractivity contribution is 7.08. The Morgan fingerprint density at radius 3 is 2.73 bits per heavy atom. The molecule has 0 atom stereocenters. The average molecular weight is 221 g/mol. The van der Waals surface area contributed by atoms with E-state index in [-0.39, 0.29) is 5.78 Å². The summed E-state index contributed by atoms with van der Waals surface area (Å²) in [6.07, 6.45) is 7.81. The molecule has 0 aliphatic heterocycles. The lowest BCUT2D eigenvalue weighted by molar-refractivity contribution is 0.104. The molecule has 1 aliphatic carbocycles. The molecule has 2 nitrogen and oxygen atoms in total. The third-order valence-electron chi connectivity index (χ3n) is 2.70. The maximum atomic E-state index is 11.8. The molecule has 15 heavy (non-hydrogen) atoms. The Bertz CT molecular complexity index is 384. The molecule has 3 heteroatoms. The third kappa shape index (κ3) is 2.75. The highest BCUT2D eigenvalue weighted by atomic mass is 32.1. The number of hydrogen-bond acceptors (Lipinski definition) is 3. The second-order valence-electron chi connectivity index (χ2n) is 4.06. The first kappa shape index (κ1) is 10.6. The lowest BCUT2D eigenvalue weighted by Crippen LogP contribution is -1.98. The Balaban J connectivity index is 2.08. The molecule has 1 fully saturated rings. The molecule has 80 valence electrons. The van der Waals surface area contributed by atoms with Gasteiger partial charge >= 0.3 is 0 Å². The van der Waals surface area contributed by atoms with Crippen LogP contribution in [-0.2, 0) is 0 Å². The number of rotatable bonds is 2. The van der Waals surface area contributed by atoms with Crippen LogP contribution in [0.25, 0.3) is 0 Å². The highest BCUT2D eigenvalue weighted by Gasteiger charge is 2.10. The summed E-state index contributed by atoms with van der Waals surface area (Å²) in [4.78, 5) is 12.6. The zero-order chi connectivity index (χ0) is 10.7. The van der Waals surface area contributed by atoms with Gasteiger partial charge in [-0.2, -0.15) is 4.37 Å². The van der Waals surface area contributed by atoms with Crippen molar-refractivity contribution >= 4 is 17.3 Å². The average Bonchev–Trinajstić information content (AvgIpc) is 2.66. The van der Waals surface area contributed by atoms with Crippen LogP contribution in [0.1, 0.15) is 47.5 Å². The molecule has 1 aliphatic rings. The van der Waals surface area contributed by atoms with Crippen molar-refractivity contribution in [2.24, 2.45) is 0 Å². The smallest absolute Gasteiger partial charge is 0.197 e. The van der Waals surface area contributed by atoms with Crippen molar-refractivity contribution in [2.75, 3.05) is 0 Å². The van der Waals surface area contributed by atoms with Gasteiger partial charge in [-0.3, -0.25) is 4.79 Å². The standard InChI is InChI=1S/C12H15NOS/c1-9-7-12(15-13-9)11(14)8-10-5-3-2-4-6-10/h7-8H,2-6H2,1H3. The van der Waals surface area contributed by atoms with Gasteiger partial charge in [0.1, 0.15) is 0 Å². The molecule has 0 radical (unpaired) electrons. The lowest BCUT2D eigenvalue weighted by Gasteiger charge is -2.12. The second kappa shape index (κ2) is 4.71. The predicted octanol–water partition coefficient (Wildman–Crippen LogP) is 3.52. The summed E-state index contributed by atoms with van der Waals surface area (Å²) in [6, 6.07) is 1.87. The zero-order valence-electron chi connectivity index (χ0n) is 8.95. The van der Waals surface area contributed by atoms with Crippen LogP contribution >= 0.6 is 11.5 Å². The molecule has 0 bridgehead atoms. The second-order valence-corrected chi connectivity index (χ2v) is 4.87. The SMILES string of the molecule is Cc1cc(C(=O)C=C2CCCCC2)sn1. The molecule has 0 saturated heterocycles. The van der Waals surface area contributed by atoms with Gasteiger partial charge in [-0.25, -0.2) is 0 Å².